The average Bonchev–Trinajstić information content (AvgIpc) is 2.44. The van der Waals surface area contributed by atoms with Crippen LogP contribution in [0.15, 0.2) is 36.4 Å². The van der Waals surface area contributed by atoms with Gasteiger partial charge in [0.25, 0.3) is 0 Å². The molecule has 3 heteroatoms. The fourth-order valence-corrected chi connectivity index (χ4v) is 2.81. The van der Waals surface area contributed by atoms with Crippen molar-refractivity contribution in [2.45, 2.75) is 52.4 Å². The maximum atomic E-state index is 11.6. The van der Waals surface area contributed by atoms with E-state index in [0.29, 0.717) is 5.56 Å². The summed E-state index contributed by atoms with van der Waals surface area (Å²) in [5.74, 6) is -0.931. The van der Waals surface area contributed by atoms with Crippen molar-refractivity contribution >= 4 is 5.97 Å². The predicted molar refractivity (Wildman–Crippen MR) is 97.9 cm³/mol. The second-order valence-electron chi connectivity index (χ2n) is 8.30. The third-order valence-corrected chi connectivity index (χ3v) is 4.22. The van der Waals surface area contributed by atoms with E-state index in [4.69, 9.17) is 0 Å². The second-order valence-corrected chi connectivity index (χ2v) is 8.30. The van der Waals surface area contributed by atoms with E-state index in [-0.39, 0.29) is 22.1 Å². The fourth-order valence-electron chi connectivity index (χ4n) is 2.81. The largest absolute Gasteiger partial charge is 0.508 e. The van der Waals surface area contributed by atoms with E-state index < -0.39 is 5.97 Å². The molecule has 0 saturated heterocycles. The number of carboxylic acid groups (broad SMARTS) is 1. The van der Waals surface area contributed by atoms with E-state index in [2.05, 4.69) is 47.6 Å². The first-order valence-corrected chi connectivity index (χ1v) is 8.13. The van der Waals surface area contributed by atoms with Crippen LogP contribution in [0.5, 0.6) is 5.75 Å². The molecule has 0 bridgehead atoms. The van der Waals surface area contributed by atoms with Gasteiger partial charge >= 0.3 is 5.97 Å². The number of aromatic carboxylic acids is 1. The quantitative estimate of drug-likeness (QED) is 0.782. The molecule has 128 valence electrons. The van der Waals surface area contributed by atoms with Gasteiger partial charge in [0, 0.05) is 5.56 Å². The zero-order valence-electron chi connectivity index (χ0n) is 15.3. The van der Waals surface area contributed by atoms with Crippen molar-refractivity contribution in [1.29, 1.82) is 0 Å². The van der Waals surface area contributed by atoms with Gasteiger partial charge in [-0.1, -0.05) is 59.7 Å². The topological polar surface area (TPSA) is 57.5 Å². The summed E-state index contributed by atoms with van der Waals surface area (Å²) in [5, 5.41) is 19.4. The molecule has 0 amide bonds. The number of benzene rings is 2. The molecule has 0 aliphatic carbocycles. The summed E-state index contributed by atoms with van der Waals surface area (Å²) in [6.07, 6.45) is 0. The molecule has 0 fully saturated rings. The third kappa shape index (κ3) is 3.61. The Bertz CT molecular complexity index is 775. The number of phenolic OH excluding ortho intramolecular Hbond substituents is 1. The molecule has 0 heterocycles. The van der Waals surface area contributed by atoms with Gasteiger partial charge < -0.3 is 10.2 Å². The van der Waals surface area contributed by atoms with Gasteiger partial charge in [-0.25, -0.2) is 4.79 Å². The second kappa shape index (κ2) is 5.97. The van der Waals surface area contributed by atoms with Gasteiger partial charge in [0.2, 0.25) is 0 Å². The van der Waals surface area contributed by atoms with E-state index >= 15 is 0 Å². The molecule has 2 aromatic carbocycles. The highest BCUT2D eigenvalue weighted by molar-refractivity contribution is 5.97. The Labute approximate surface area is 144 Å². The van der Waals surface area contributed by atoms with Crippen LogP contribution in [0.3, 0.4) is 0 Å². The lowest BCUT2D eigenvalue weighted by atomic mass is 9.77. The minimum atomic E-state index is -0.996. The maximum absolute atomic E-state index is 11.6. The normalized spacial score (nSPS) is 12.2. The van der Waals surface area contributed by atoms with Gasteiger partial charge in [0.1, 0.15) is 5.75 Å². The highest BCUT2D eigenvalue weighted by Crippen LogP contribution is 2.38. The molecule has 0 aliphatic rings. The van der Waals surface area contributed by atoms with Crippen LogP contribution >= 0.6 is 0 Å². The van der Waals surface area contributed by atoms with E-state index in [1.807, 2.05) is 12.1 Å². The molecule has 2 rings (SSSR count). The molecule has 0 saturated carbocycles. The summed E-state index contributed by atoms with van der Waals surface area (Å²) in [4.78, 5) is 11.6. The van der Waals surface area contributed by atoms with E-state index in [1.54, 1.807) is 0 Å². The highest BCUT2D eigenvalue weighted by atomic mass is 16.4. The van der Waals surface area contributed by atoms with Crippen molar-refractivity contribution in [3.05, 3.63) is 53.1 Å². The van der Waals surface area contributed by atoms with Crippen molar-refractivity contribution in [2.24, 2.45) is 0 Å². The van der Waals surface area contributed by atoms with Gasteiger partial charge in [-0.2, -0.15) is 0 Å². The molecule has 0 radical (unpaired) electrons. The van der Waals surface area contributed by atoms with Gasteiger partial charge in [0.05, 0.1) is 5.56 Å². The van der Waals surface area contributed by atoms with Crippen LogP contribution in [0, 0.1) is 0 Å². The first-order valence-electron chi connectivity index (χ1n) is 8.13. The van der Waals surface area contributed by atoms with E-state index in [0.717, 1.165) is 11.1 Å². The minimum Gasteiger partial charge on any atom is -0.508 e. The summed E-state index contributed by atoms with van der Waals surface area (Å²) in [5.41, 5.74) is 3.72. The lowest BCUT2D eigenvalue weighted by Crippen LogP contribution is -2.17. The van der Waals surface area contributed by atoms with Crippen LogP contribution in [-0.2, 0) is 10.8 Å². The first-order chi connectivity index (χ1) is 10.9. The van der Waals surface area contributed by atoms with E-state index in [1.165, 1.54) is 23.8 Å². The van der Waals surface area contributed by atoms with Crippen LogP contribution in [0.1, 0.15) is 63.0 Å². The Morgan fingerprint density at radius 3 is 1.96 bits per heavy atom. The number of hydrogen-bond donors (Lipinski definition) is 2. The molecule has 0 spiro atoms. The van der Waals surface area contributed by atoms with Crippen molar-refractivity contribution < 1.29 is 15.0 Å². The van der Waals surface area contributed by atoms with Crippen LogP contribution in [0.25, 0.3) is 11.1 Å². The summed E-state index contributed by atoms with van der Waals surface area (Å²) in [6, 6.07) is 10.6. The zero-order valence-corrected chi connectivity index (χ0v) is 15.3. The Kier molecular flexibility index (Phi) is 4.49. The Morgan fingerprint density at radius 2 is 1.46 bits per heavy atom. The molecule has 0 aliphatic heterocycles. The number of carbonyl (C=O) groups is 1. The molecule has 24 heavy (non-hydrogen) atoms. The molecule has 2 N–H and O–H groups in total. The average molecular weight is 326 g/mol. The number of rotatable bonds is 2. The minimum absolute atomic E-state index is 0.00693. The SMILES string of the molecule is CC(C)(C)c1ccc(-c2cc(O)ccc2C(=O)O)c(C(C)(C)C)c1. The van der Waals surface area contributed by atoms with Crippen LogP contribution in [0.4, 0.5) is 0 Å². The first kappa shape index (κ1) is 18.1. The molecular formula is C21H26O3. The van der Waals surface area contributed by atoms with E-state index in [9.17, 15) is 15.0 Å². The molecule has 0 aromatic heterocycles. The monoisotopic (exact) mass is 326 g/mol. The van der Waals surface area contributed by atoms with Crippen molar-refractivity contribution in [3.63, 3.8) is 0 Å². The van der Waals surface area contributed by atoms with Gasteiger partial charge in [-0.15, -0.1) is 0 Å². The van der Waals surface area contributed by atoms with Crippen LogP contribution in [-0.4, -0.2) is 16.2 Å². The molecular weight excluding hydrogens is 300 g/mol. The lowest BCUT2D eigenvalue weighted by Gasteiger charge is -2.28. The lowest BCUT2D eigenvalue weighted by molar-refractivity contribution is 0.0697. The summed E-state index contributed by atoms with van der Waals surface area (Å²) < 4.78 is 0. The zero-order chi connectivity index (χ0) is 18.3. The van der Waals surface area contributed by atoms with Crippen LogP contribution in [0.2, 0.25) is 0 Å². The molecule has 0 unspecified atom stereocenters. The Morgan fingerprint density at radius 1 is 0.833 bits per heavy atom. The number of phenols is 1. The third-order valence-electron chi connectivity index (χ3n) is 4.22. The van der Waals surface area contributed by atoms with Crippen molar-refractivity contribution in [1.82, 2.24) is 0 Å². The summed E-state index contributed by atoms with van der Waals surface area (Å²) in [7, 11) is 0. The van der Waals surface area contributed by atoms with Gasteiger partial charge in [-0.3, -0.25) is 0 Å². The smallest absolute Gasteiger partial charge is 0.336 e. The maximum Gasteiger partial charge on any atom is 0.336 e. The molecule has 0 atom stereocenters. The van der Waals surface area contributed by atoms with Crippen LogP contribution < -0.4 is 0 Å². The molecule has 3 nitrogen and oxygen atoms in total. The Balaban J connectivity index is 2.81. The Hall–Kier alpha value is -2.29. The highest BCUT2D eigenvalue weighted by Gasteiger charge is 2.25. The summed E-state index contributed by atoms with van der Waals surface area (Å²) >= 11 is 0. The number of aromatic hydroxyl groups is 1. The number of carboxylic acids is 1. The fraction of sp³-hybridized carbons (Fsp3) is 0.381. The van der Waals surface area contributed by atoms with Gasteiger partial charge in [-0.05, 0) is 45.7 Å². The van der Waals surface area contributed by atoms with Crippen molar-refractivity contribution in [3.8, 4) is 16.9 Å². The van der Waals surface area contributed by atoms with Gasteiger partial charge in [0.15, 0.2) is 0 Å². The van der Waals surface area contributed by atoms with Crippen molar-refractivity contribution in [2.75, 3.05) is 0 Å². The summed E-state index contributed by atoms with van der Waals surface area (Å²) in [6.45, 7) is 12.8. The molecule has 2 aromatic rings. The standard InChI is InChI=1S/C21H26O3/c1-20(2,3)13-7-9-15(18(11-13)21(4,5)6)17-12-14(22)8-10-16(17)19(23)24/h7-12,22H,1-6H3,(H,23,24). The number of hydrogen-bond acceptors (Lipinski definition) is 2. The predicted octanol–water partition coefficient (Wildman–Crippen LogP) is 5.35.